The van der Waals surface area contributed by atoms with Crippen LogP contribution < -0.4 is 0 Å². The summed E-state index contributed by atoms with van der Waals surface area (Å²) in [7, 11) is -3.65. The zero-order valence-corrected chi connectivity index (χ0v) is 18.9. The molecule has 0 heterocycles. The van der Waals surface area contributed by atoms with Crippen molar-refractivity contribution >= 4 is 16.6 Å². The number of hydrogen-bond donors (Lipinski definition) is 0. The van der Waals surface area contributed by atoms with Gasteiger partial charge >= 0.3 is 0 Å². The van der Waals surface area contributed by atoms with Crippen molar-refractivity contribution in [1.29, 1.82) is 0 Å². The van der Waals surface area contributed by atoms with Gasteiger partial charge in [-0.2, -0.15) is 0 Å². The molecule has 0 bridgehead atoms. The van der Waals surface area contributed by atoms with Crippen LogP contribution in [-0.2, 0) is 8.85 Å². The molecule has 0 aliphatic heterocycles. The zero-order valence-electron chi connectivity index (χ0n) is 16.9. The van der Waals surface area contributed by atoms with Gasteiger partial charge in [0, 0.05) is 0 Å². The Balaban J connectivity index is 3.07. The van der Waals surface area contributed by atoms with E-state index in [0.717, 1.165) is 12.8 Å². The van der Waals surface area contributed by atoms with E-state index in [0.29, 0.717) is 0 Å². The Morgan fingerprint density at radius 2 is 0.955 bits per heavy atom. The minimum absolute atomic E-state index is 0.230. The molecule has 0 amide bonds. The molecule has 0 radical (unpaired) electrons. The second kappa shape index (κ2) is 6.34. The largest absolute Gasteiger partial charge is 0.391 e. The molecule has 0 atom stereocenters. The van der Waals surface area contributed by atoms with Gasteiger partial charge in [-0.25, -0.2) is 0 Å². The van der Waals surface area contributed by atoms with E-state index in [1.54, 1.807) is 0 Å². The molecule has 0 aromatic heterocycles. The van der Waals surface area contributed by atoms with Crippen molar-refractivity contribution < 1.29 is 8.85 Å². The van der Waals surface area contributed by atoms with Crippen molar-refractivity contribution in [3.05, 3.63) is 0 Å². The highest BCUT2D eigenvalue weighted by molar-refractivity contribution is 6.75. The number of hydrogen-bond acceptors (Lipinski definition) is 2. The van der Waals surface area contributed by atoms with E-state index < -0.39 is 16.6 Å². The first-order chi connectivity index (χ1) is 9.62. The highest BCUT2D eigenvalue weighted by Gasteiger charge is 2.50. The van der Waals surface area contributed by atoms with Crippen LogP contribution in [0.25, 0.3) is 0 Å². The molecule has 132 valence electrons. The van der Waals surface area contributed by atoms with Crippen LogP contribution in [0.3, 0.4) is 0 Å². The topological polar surface area (TPSA) is 18.5 Å². The Labute approximate surface area is 141 Å². The van der Waals surface area contributed by atoms with E-state index in [-0.39, 0.29) is 15.9 Å². The number of rotatable bonds is 4. The first-order valence-electron chi connectivity index (χ1n) is 9.02. The maximum atomic E-state index is 6.91. The van der Waals surface area contributed by atoms with E-state index in [4.69, 9.17) is 8.85 Å². The lowest BCUT2D eigenvalue weighted by atomic mass is 9.95. The summed E-state index contributed by atoms with van der Waals surface area (Å²) in [5.74, 6) is -0.315. The minimum Gasteiger partial charge on any atom is -0.391 e. The molecule has 1 aliphatic carbocycles. The van der Waals surface area contributed by atoms with Crippen LogP contribution in [0.2, 0.25) is 36.3 Å². The van der Waals surface area contributed by atoms with Gasteiger partial charge in [0.2, 0.25) is 0 Å². The smallest absolute Gasteiger partial charge is 0.195 e. The van der Waals surface area contributed by atoms with Crippen molar-refractivity contribution in [1.82, 2.24) is 0 Å². The Kier molecular flexibility index (Phi) is 5.88. The fraction of sp³-hybridized carbons (Fsp3) is 1.00. The molecular formula is C18H40O2Si2. The van der Waals surface area contributed by atoms with Gasteiger partial charge in [0.25, 0.3) is 0 Å². The van der Waals surface area contributed by atoms with Crippen LogP contribution in [0.5, 0.6) is 0 Å². The lowest BCUT2D eigenvalue weighted by Crippen LogP contribution is -2.57. The first-order valence-corrected chi connectivity index (χ1v) is 14.8. The summed E-state index contributed by atoms with van der Waals surface area (Å²) in [6.45, 7) is 23.4. The monoisotopic (exact) mass is 344 g/mol. The molecule has 0 unspecified atom stereocenters. The standard InChI is InChI=1S/C18H40O2Si2/c1-16(2,3)21(7,8)19-18(14-12-11-13-15-18)20-22(9,10)17(4,5)6/h11-15H2,1-10H3. The summed E-state index contributed by atoms with van der Waals surface area (Å²) in [5.41, 5.74) is 0. The molecule has 1 saturated carbocycles. The summed E-state index contributed by atoms with van der Waals surface area (Å²) in [6, 6.07) is 0. The molecule has 2 nitrogen and oxygen atoms in total. The van der Waals surface area contributed by atoms with Crippen LogP contribution >= 0.6 is 0 Å². The molecule has 0 N–H and O–H groups in total. The van der Waals surface area contributed by atoms with Gasteiger partial charge in [0.15, 0.2) is 16.6 Å². The maximum Gasteiger partial charge on any atom is 0.195 e. The molecule has 0 aromatic carbocycles. The zero-order chi connectivity index (χ0) is 17.4. The van der Waals surface area contributed by atoms with Crippen molar-refractivity contribution in [2.45, 2.75) is 116 Å². The van der Waals surface area contributed by atoms with E-state index in [2.05, 4.69) is 67.7 Å². The molecule has 0 spiro atoms. The third-order valence-corrected chi connectivity index (χ3v) is 15.1. The molecule has 1 rings (SSSR count). The fourth-order valence-corrected chi connectivity index (χ4v) is 5.60. The van der Waals surface area contributed by atoms with Gasteiger partial charge in [-0.1, -0.05) is 48.0 Å². The highest BCUT2D eigenvalue weighted by atomic mass is 28.4. The second-order valence-electron chi connectivity index (χ2n) is 10.2. The van der Waals surface area contributed by atoms with Gasteiger partial charge in [0.1, 0.15) is 5.79 Å². The summed E-state index contributed by atoms with van der Waals surface area (Å²) in [6.07, 6.45) is 5.95. The summed E-state index contributed by atoms with van der Waals surface area (Å²) >= 11 is 0. The van der Waals surface area contributed by atoms with Crippen LogP contribution in [0, 0.1) is 0 Å². The molecule has 0 aromatic rings. The maximum absolute atomic E-state index is 6.91. The first kappa shape index (κ1) is 20.4. The van der Waals surface area contributed by atoms with Crippen LogP contribution in [0.4, 0.5) is 0 Å². The molecule has 1 aliphatic rings. The molecule has 1 fully saturated rings. The Hall–Kier alpha value is 0.354. The summed E-state index contributed by atoms with van der Waals surface area (Å²) in [4.78, 5) is 0. The predicted octanol–water partition coefficient (Wildman–Crippen LogP) is 6.69. The van der Waals surface area contributed by atoms with Gasteiger partial charge < -0.3 is 8.85 Å². The van der Waals surface area contributed by atoms with Gasteiger partial charge in [0.05, 0.1) is 0 Å². The normalized spacial score (nSPS) is 21.0. The Morgan fingerprint density at radius 1 is 0.636 bits per heavy atom. The van der Waals surface area contributed by atoms with Crippen molar-refractivity contribution in [3.63, 3.8) is 0 Å². The summed E-state index contributed by atoms with van der Waals surface area (Å²) < 4.78 is 13.8. The third kappa shape index (κ3) is 4.68. The molecule has 22 heavy (non-hydrogen) atoms. The lowest BCUT2D eigenvalue weighted by Gasteiger charge is -2.52. The highest BCUT2D eigenvalue weighted by Crippen LogP contribution is 2.47. The quantitative estimate of drug-likeness (QED) is 0.418. The van der Waals surface area contributed by atoms with Crippen molar-refractivity contribution in [2.75, 3.05) is 0 Å². The second-order valence-corrected chi connectivity index (χ2v) is 19.6. The Morgan fingerprint density at radius 3 is 1.23 bits per heavy atom. The SMILES string of the molecule is CC(C)(C)[Si](C)(C)OC1(O[Si](C)(C)C(C)(C)C)CCCCC1. The van der Waals surface area contributed by atoms with E-state index in [9.17, 15) is 0 Å². The summed E-state index contributed by atoms with van der Waals surface area (Å²) in [5, 5.41) is 0.461. The average molecular weight is 345 g/mol. The van der Waals surface area contributed by atoms with Gasteiger partial charge in [-0.05, 0) is 61.9 Å². The molecule has 0 saturated heterocycles. The molecular weight excluding hydrogens is 304 g/mol. The average Bonchev–Trinajstić information content (AvgIpc) is 2.24. The molecule has 4 heteroatoms. The van der Waals surface area contributed by atoms with Crippen LogP contribution in [0.1, 0.15) is 73.6 Å². The predicted molar refractivity (Wildman–Crippen MR) is 102 cm³/mol. The van der Waals surface area contributed by atoms with Crippen molar-refractivity contribution in [2.24, 2.45) is 0 Å². The lowest BCUT2D eigenvalue weighted by molar-refractivity contribution is -0.155. The Bertz CT molecular complexity index is 340. The van der Waals surface area contributed by atoms with E-state index in [1.807, 2.05) is 0 Å². The fourth-order valence-electron chi connectivity index (χ4n) is 2.55. The van der Waals surface area contributed by atoms with Crippen LogP contribution in [-0.4, -0.2) is 22.4 Å². The van der Waals surface area contributed by atoms with E-state index >= 15 is 0 Å². The minimum atomic E-state index is -1.83. The van der Waals surface area contributed by atoms with Crippen molar-refractivity contribution in [3.8, 4) is 0 Å². The van der Waals surface area contributed by atoms with Gasteiger partial charge in [-0.15, -0.1) is 0 Å². The van der Waals surface area contributed by atoms with E-state index in [1.165, 1.54) is 19.3 Å². The van der Waals surface area contributed by atoms with Gasteiger partial charge in [-0.3, -0.25) is 0 Å². The van der Waals surface area contributed by atoms with Crippen LogP contribution in [0.15, 0.2) is 0 Å². The third-order valence-electron chi connectivity index (χ3n) is 6.11.